The predicted molar refractivity (Wildman–Crippen MR) is 74.2 cm³/mol. The lowest BCUT2D eigenvalue weighted by Gasteiger charge is -2.58. The van der Waals surface area contributed by atoms with Crippen molar-refractivity contribution in [3.05, 3.63) is 29.8 Å². The molecule has 2 heteroatoms. The molecule has 2 fully saturated rings. The van der Waals surface area contributed by atoms with Gasteiger partial charge in [-0.2, -0.15) is 0 Å². The molecule has 0 aromatic heterocycles. The Labute approximate surface area is 115 Å². The Balaban J connectivity index is 1.86. The highest BCUT2D eigenvalue weighted by atomic mass is 16.5. The minimum Gasteiger partial charge on any atom is -0.487 e. The molecule has 4 atom stereocenters. The first-order chi connectivity index (χ1) is 9.00. The number of hydrogen-bond donors (Lipinski definition) is 0. The van der Waals surface area contributed by atoms with Gasteiger partial charge in [-0.15, -0.1) is 0 Å². The molecule has 0 radical (unpaired) electrons. The topological polar surface area (TPSA) is 18.5 Å². The lowest BCUT2D eigenvalue weighted by molar-refractivity contribution is -0.237. The zero-order valence-corrected chi connectivity index (χ0v) is 12.0. The molecule has 0 spiro atoms. The Bertz CT molecular complexity index is 522. The summed E-state index contributed by atoms with van der Waals surface area (Å²) in [6, 6.07) is 8.41. The van der Waals surface area contributed by atoms with E-state index in [9.17, 15) is 0 Å². The van der Waals surface area contributed by atoms with Gasteiger partial charge in [0.2, 0.25) is 0 Å². The first-order valence-electron chi connectivity index (χ1n) is 7.45. The van der Waals surface area contributed by atoms with Gasteiger partial charge in [0.1, 0.15) is 11.4 Å². The monoisotopic (exact) mass is 258 g/mol. The van der Waals surface area contributed by atoms with E-state index in [1.165, 1.54) is 18.4 Å². The molecular weight excluding hydrogens is 236 g/mol. The lowest BCUT2D eigenvalue weighted by Crippen LogP contribution is -2.58. The number of ether oxygens (including phenoxy) is 2. The molecule has 2 heterocycles. The Hall–Kier alpha value is -1.02. The first-order valence-corrected chi connectivity index (χ1v) is 7.45. The van der Waals surface area contributed by atoms with Gasteiger partial charge in [-0.1, -0.05) is 18.2 Å². The van der Waals surface area contributed by atoms with Crippen LogP contribution in [-0.2, 0) is 4.74 Å². The highest BCUT2D eigenvalue weighted by Crippen LogP contribution is 2.59. The van der Waals surface area contributed by atoms with Crippen molar-refractivity contribution < 1.29 is 9.47 Å². The minimum absolute atomic E-state index is 0.00700. The van der Waals surface area contributed by atoms with Crippen molar-refractivity contribution in [1.82, 2.24) is 0 Å². The smallest absolute Gasteiger partial charge is 0.125 e. The van der Waals surface area contributed by atoms with Crippen molar-refractivity contribution in [2.24, 2.45) is 11.8 Å². The third-order valence-electron chi connectivity index (χ3n) is 5.66. The number of benzene rings is 1. The molecule has 3 aliphatic rings. The van der Waals surface area contributed by atoms with Crippen LogP contribution >= 0.6 is 0 Å². The van der Waals surface area contributed by atoms with Gasteiger partial charge >= 0.3 is 0 Å². The fraction of sp³-hybridized carbons (Fsp3) is 0.647. The molecule has 19 heavy (non-hydrogen) atoms. The van der Waals surface area contributed by atoms with Crippen LogP contribution in [-0.4, -0.2) is 11.2 Å². The first kappa shape index (κ1) is 11.8. The van der Waals surface area contributed by atoms with Crippen LogP contribution in [0.3, 0.4) is 0 Å². The van der Waals surface area contributed by atoms with Crippen molar-refractivity contribution in [1.29, 1.82) is 0 Å². The van der Waals surface area contributed by atoms with Crippen LogP contribution in [0.25, 0.3) is 0 Å². The van der Waals surface area contributed by atoms with Crippen LogP contribution in [0.15, 0.2) is 24.3 Å². The highest BCUT2D eigenvalue weighted by Gasteiger charge is 2.57. The highest BCUT2D eigenvalue weighted by molar-refractivity contribution is 5.40. The Morgan fingerprint density at radius 3 is 2.79 bits per heavy atom. The van der Waals surface area contributed by atoms with Gasteiger partial charge in [0.05, 0.1) is 11.7 Å². The SMILES string of the molecule is CC1(C)O[C@@H]2c3ccccc3O[C@]3(C)CC[C@H]1C[C@H]23. The van der Waals surface area contributed by atoms with E-state index in [0.717, 1.165) is 12.2 Å². The summed E-state index contributed by atoms with van der Waals surface area (Å²) in [4.78, 5) is 0. The molecule has 2 bridgehead atoms. The van der Waals surface area contributed by atoms with E-state index in [0.29, 0.717) is 11.8 Å². The second kappa shape index (κ2) is 3.54. The Morgan fingerprint density at radius 1 is 1.16 bits per heavy atom. The van der Waals surface area contributed by atoms with Crippen LogP contribution in [0.2, 0.25) is 0 Å². The third-order valence-corrected chi connectivity index (χ3v) is 5.66. The lowest BCUT2D eigenvalue weighted by atomic mass is 9.61. The average molecular weight is 258 g/mol. The molecular formula is C17H22O2. The number of hydrogen-bond acceptors (Lipinski definition) is 2. The van der Waals surface area contributed by atoms with Gasteiger partial charge in [-0.25, -0.2) is 0 Å². The molecule has 1 aromatic carbocycles. The molecule has 0 N–H and O–H groups in total. The standard InChI is InChI=1S/C17H22O2/c1-16(2)11-8-9-17(3)13(10-11)15(19-16)12-6-4-5-7-14(12)18-17/h4-7,11,13,15H,8-10H2,1-3H3/t11-,13+,15+,17+/m0/s1. The van der Waals surface area contributed by atoms with Gasteiger partial charge in [-0.05, 0) is 52.0 Å². The Kier molecular flexibility index (Phi) is 2.20. The zero-order chi connectivity index (χ0) is 13.3. The summed E-state index contributed by atoms with van der Waals surface area (Å²) in [6.45, 7) is 6.79. The zero-order valence-electron chi connectivity index (χ0n) is 12.0. The molecule has 0 amide bonds. The summed E-state index contributed by atoms with van der Waals surface area (Å²) in [5, 5.41) is 0. The summed E-state index contributed by atoms with van der Waals surface area (Å²) in [5.41, 5.74) is 1.21. The third kappa shape index (κ3) is 1.53. The molecule has 0 unspecified atom stereocenters. The normalized spacial score (nSPS) is 42.2. The van der Waals surface area contributed by atoms with E-state index in [4.69, 9.17) is 9.47 Å². The Morgan fingerprint density at radius 2 is 1.95 bits per heavy atom. The van der Waals surface area contributed by atoms with Gasteiger partial charge in [-0.3, -0.25) is 0 Å². The van der Waals surface area contributed by atoms with Crippen LogP contribution in [0.1, 0.15) is 51.7 Å². The second-order valence-electron chi connectivity index (χ2n) is 7.17. The summed E-state index contributed by atoms with van der Waals surface area (Å²) in [7, 11) is 0. The van der Waals surface area contributed by atoms with E-state index in [-0.39, 0.29) is 17.3 Å². The minimum atomic E-state index is -0.0357. The average Bonchev–Trinajstić information content (AvgIpc) is 2.36. The largest absolute Gasteiger partial charge is 0.487 e. The number of fused-ring (bicyclic) bond motifs is 3. The van der Waals surface area contributed by atoms with Gasteiger partial charge in [0, 0.05) is 11.5 Å². The van der Waals surface area contributed by atoms with Gasteiger partial charge in [0.25, 0.3) is 0 Å². The number of rotatable bonds is 0. The van der Waals surface area contributed by atoms with E-state index in [2.05, 4.69) is 45.0 Å². The fourth-order valence-electron chi connectivity index (χ4n) is 4.37. The van der Waals surface area contributed by atoms with E-state index >= 15 is 0 Å². The van der Waals surface area contributed by atoms with Gasteiger partial charge < -0.3 is 9.47 Å². The molecule has 2 aliphatic heterocycles. The maximum Gasteiger partial charge on any atom is 0.125 e. The van der Waals surface area contributed by atoms with Crippen molar-refractivity contribution in [2.75, 3.05) is 0 Å². The summed E-state index contributed by atoms with van der Waals surface area (Å²) >= 11 is 0. The molecule has 1 aromatic rings. The van der Waals surface area contributed by atoms with Gasteiger partial charge in [0.15, 0.2) is 0 Å². The predicted octanol–water partition coefficient (Wildman–Crippen LogP) is 4.10. The second-order valence-corrected chi connectivity index (χ2v) is 7.17. The molecule has 1 saturated carbocycles. The quantitative estimate of drug-likeness (QED) is 0.697. The van der Waals surface area contributed by atoms with Crippen LogP contribution in [0.5, 0.6) is 5.75 Å². The molecule has 1 aliphatic carbocycles. The summed E-state index contributed by atoms with van der Waals surface area (Å²) in [6.07, 6.45) is 3.82. The molecule has 2 nitrogen and oxygen atoms in total. The molecule has 1 saturated heterocycles. The van der Waals surface area contributed by atoms with E-state index in [1.807, 2.05) is 0 Å². The summed E-state index contributed by atoms with van der Waals surface area (Å²) in [5.74, 6) is 2.22. The van der Waals surface area contributed by atoms with Crippen molar-refractivity contribution in [2.45, 2.75) is 57.3 Å². The maximum atomic E-state index is 6.52. The number of para-hydroxylation sites is 1. The fourth-order valence-corrected chi connectivity index (χ4v) is 4.37. The summed E-state index contributed by atoms with van der Waals surface area (Å²) < 4.78 is 12.9. The van der Waals surface area contributed by atoms with Crippen LogP contribution in [0, 0.1) is 11.8 Å². The van der Waals surface area contributed by atoms with Crippen molar-refractivity contribution in [3.63, 3.8) is 0 Å². The van der Waals surface area contributed by atoms with E-state index in [1.54, 1.807) is 0 Å². The van der Waals surface area contributed by atoms with Crippen LogP contribution < -0.4 is 4.74 Å². The van der Waals surface area contributed by atoms with Crippen molar-refractivity contribution in [3.8, 4) is 5.75 Å². The molecule has 102 valence electrons. The molecule has 4 rings (SSSR count). The maximum absolute atomic E-state index is 6.52. The van der Waals surface area contributed by atoms with E-state index < -0.39 is 0 Å². The van der Waals surface area contributed by atoms with Crippen LogP contribution in [0.4, 0.5) is 0 Å². The van der Waals surface area contributed by atoms with Crippen molar-refractivity contribution >= 4 is 0 Å².